The number of ether oxygens (including phenoxy) is 1. The van der Waals surface area contributed by atoms with Gasteiger partial charge in [0.2, 0.25) is 0 Å². The van der Waals surface area contributed by atoms with Crippen molar-refractivity contribution < 1.29 is 9.53 Å². The maximum Gasteiger partial charge on any atom is 0.407 e. The number of nitrogens with one attached hydrogen (secondary N) is 2. The molecule has 1 unspecified atom stereocenters. The largest absolute Gasteiger partial charge is 0.439 e. The summed E-state index contributed by atoms with van der Waals surface area (Å²) >= 11 is 0. The van der Waals surface area contributed by atoms with E-state index in [1.165, 1.54) is 0 Å². The van der Waals surface area contributed by atoms with Gasteiger partial charge in [-0.2, -0.15) is 0 Å². The first-order chi connectivity index (χ1) is 7.34. The summed E-state index contributed by atoms with van der Waals surface area (Å²) in [6, 6.07) is 7.97. The van der Waals surface area contributed by atoms with Gasteiger partial charge in [-0.25, -0.2) is 4.79 Å². The Balaban J connectivity index is 2.07. The van der Waals surface area contributed by atoms with Crippen molar-refractivity contribution in [1.82, 2.24) is 10.3 Å². The third-order valence-corrected chi connectivity index (χ3v) is 2.65. The van der Waals surface area contributed by atoms with Gasteiger partial charge in [-0.3, -0.25) is 0 Å². The Labute approximate surface area is 86.2 Å². The molecule has 2 heterocycles. The van der Waals surface area contributed by atoms with Crippen molar-refractivity contribution in [3.8, 4) is 0 Å². The Morgan fingerprint density at radius 2 is 2.20 bits per heavy atom. The van der Waals surface area contributed by atoms with E-state index in [2.05, 4.69) is 10.3 Å². The average molecular weight is 202 g/mol. The van der Waals surface area contributed by atoms with Gasteiger partial charge < -0.3 is 15.0 Å². The van der Waals surface area contributed by atoms with Gasteiger partial charge in [-0.1, -0.05) is 18.2 Å². The first-order valence-corrected chi connectivity index (χ1v) is 4.85. The predicted octanol–water partition coefficient (Wildman–Crippen LogP) is 1.95. The second-order valence-corrected chi connectivity index (χ2v) is 3.56. The number of aromatic nitrogens is 1. The minimum absolute atomic E-state index is 0.173. The van der Waals surface area contributed by atoms with Crippen molar-refractivity contribution in [2.75, 3.05) is 6.54 Å². The highest BCUT2D eigenvalue weighted by atomic mass is 16.6. The molecule has 1 aromatic heterocycles. The fraction of sp³-hybridized carbons (Fsp3) is 0.182. The Morgan fingerprint density at radius 3 is 3.00 bits per heavy atom. The summed E-state index contributed by atoms with van der Waals surface area (Å²) in [7, 11) is 0. The van der Waals surface area contributed by atoms with E-state index in [0.717, 1.165) is 16.5 Å². The summed E-state index contributed by atoms with van der Waals surface area (Å²) < 4.78 is 5.14. The molecule has 1 aliphatic rings. The van der Waals surface area contributed by atoms with E-state index in [0.29, 0.717) is 6.54 Å². The van der Waals surface area contributed by atoms with Crippen LogP contribution in [0.3, 0.4) is 0 Å². The Hall–Kier alpha value is -1.97. The predicted molar refractivity (Wildman–Crippen MR) is 55.5 cm³/mol. The van der Waals surface area contributed by atoms with Crippen LogP contribution in [-0.2, 0) is 4.74 Å². The van der Waals surface area contributed by atoms with Gasteiger partial charge in [-0.15, -0.1) is 0 Å². The normalized spacial score (nSPS) is 20.3. The molecular weight excluding hydrogens is 192 g/mol. The van der Waals surface area contributed by atoms with Crippen LogP contribution in [0.1, 0.15) is 11.7 Å². The number of carbonyl (C=O) groups is 1. The molecule has 76 valence electrons. The van der Waals surface area contributed by atoms with E-state index in [1.807, 2.05) is 30.5 Å². The summed E-state index contributed by atoms with van der Waals surface area (Å²) in [6.07, 6.45) is 1.38. The SMILES string of the molecule is O=C1NCC(c2c[nH]c3ccccc23)O1. The highest BCUT2D eigenvalue weighted by Crippen LogP contribution is 2.28. The topological polar surface area (TPSA) is 54.1 Å². The van der Waals surface area contributed by atoms with Gasteiger partial charge in [-0.05, 0) is 6.07 Å². The van der Waals surface area contributed by atoms with E-state index in [4.69, 9.17) is 4.74 Å². The second-order valence-electron chi connectivity index (χ2n) is 3.56. The Kier molecular flexibility index (Phi) is 1.68. The highest BCUT2D eigenvalue weighted by molar-refractivity contribution is 5.84. The van der Waals surface area contributed by atoms with E-state index < -0.39 is 0 Å². The van der Waals surface area contributed by atoms with Crippen molar-refractivity contribution in [2.24, 2.45) is 0 Å². The quantitative estimate of drug-likeness (QED) is 0.742. The zero-order valence-electron chi connectivity index (χ0n) is 7.99. The zero-order chi connectivity index (χ0) is 10.3. The molecular formula is C11H10N2O2. The Morgan fingerprint density at radius 1 is 1.33 bits per heavy atom. The van der Waals surface area contributed by atoms with Crippen LogP contribution in [0, 0.1) is 0 Å². The summed E-state index contributed by atoms with van der Waals surface area (Å²) in [5.41, 5.74) is 2.10. The lowest BCUT2D eigenvalue weighted by Crippen LogP contribution is -2.12. The van der Waals surface area contributed by atoms with Crippen LogP contribution in [0.25, 0.3) is 10.9 Å². The molecule has 0 aliphatic carbocycles. The molecule has 1 saturated heterocycles. The van der Waals surface area contributed by atoms with Crippen LogP contribution in [0.15, 0.2) is 30.5 Å². The lowest BCUT2D eigenvalue weighted by Gasteiger charge is -2.05. The number of H-pyrrole nitrogens is 1. The van der Waals surface area contributed by atoms with E-state index >= 15 is 0 Å². The molecule has 4 nitrogen and oxygen atoms in total. The molecule has 0 saturated carbocycles. The van der Waals surface area contributed by atoms with E-state index in [1.54, 1.807) is 0 Å². The smallest absolute Gasteiger partial charge is 0.407 e. The van der Waals surface area contributed by atoms with Crippen molar-refractivity contribution in [3.05, 3.63) is 36.0 Å². The number of para-hydroxylation sites is 1. The van der Waals surface area contributed by atoms with Gasteiger partial charge in [0, 0.05) is 22.7 Å². The van der Waals surface area contributed by atoms with Gasteiger partial charge in [0.05, 0.1) is 6.54 Å². The van der Waals surface area contributed by atoms with Crippen LogP contribution in [0.5, 0.6) is 0 Å². The molecule has 1 atom stereocenters. The van der Waals surface area contributed by atoms with Crippen LogP contribution < -0.4 is 5.32 Å². The van der Waals surface area contributed by atoms with Crippen LogP contribution in [-0.4, -0.2) is 17.6 Å². The molecule has 1 fully saturated rings. The Bertz CT molecular complexity index is 518. The van der Waals surface area contributed by atoms with E-state index in [-0.39, 0.29) is 12.2 Å². The lowest BCUT2D eigenvalue weighted by molar-refractivity contribution is 0.142. The molecule has 1 amide bonds. The van der Waals surface area contributed by atoms with Crippen molar-refractivity contribution >= 4 is 17.0 Å². The second kappa shape index (κ2) is 3.02. The first kappa shape index (κ1) is 8.35. The number of carbonyl (C=O) groups excluding carboxylic acids is 1. The molecule has 3 rings (SSSR count). The molecule has 0 bridgehead atoms. The average Bonchev–Trinajstić information content (AvgIpc) is 2.83. The van der Waals surface area contributed by atoms with Crippen molar-refractivity contribution in [2.45, 2.75) is 6.10 Å². The highest BCUT2D eigenvalue weighted by Gasteiger charge is 2.26. The number of fused-ring (bicyclic) bond motifs is 1. The molecule has 1 aromatic carbocycles. The standard InChI is InChI=1S/C11H10N2O2/c14-11-13-6-10(15-11)8-5-12-9-4-2-1-3-7(8)9/h1-5,10,12H,6H2,(H,13,14). The summed E-state index contributed by atoms with van der Waals surface area (Å²) in [4.78, 5) is 14.1. The zero-order valence-corrected chi connectivity index (χ0v) is 7.99. The van der Waals surface area contributed by atoms with E-state index in [9.17, 15) is 4.79 Å². The molecule has 0 radical (unpaired) electrons. The van der Waals surface area contributed by atoms with Crippen LogP contribution in [0.2, 0.25) is 0 Å². The fourth-order valence-corrected chi connectivity index (χ4v) is 1.92. The number of cyclic esters (lactones) is 1. The number of amides is 1. The third-order valence-electron chi connectivity index (χ3n) is 2.65. The van der Waals surface area contributed by atoms with Crippen LogP contribution >= 0.6 is 0 Å². The molecule has 15 heavy (non-hydrogen) atoms. The third kappa shape index (κ3) is 1.26. The maximum absolute atomic E-state index is 10.9. The summed E-state index contributed by atoms with van der Waals surface area (Å²) in [5, 5.41) is 3.76. The lowest BCUT2D eigenvalue weighted by atomic mass is 10.1. The summed E-state index contributed by atoms with van der Waals surface area (Å²) in [5.74, 6) is 0. The molecule has 4 heteroatoms. The van der Waals surface area contributed by atoms with Crippen molar-refractivity contribution in [3.63, 3.8) is 0 Å². The minimum Gasteiger partial charge on any atom is -0.439 e. The molecule has 2 N–H and O–H groups in total. The van der Waals surface area contributed by atoms with Crippen LogP contribution in [0.4, 0.5) is 4.79 Å². The number of rotatable bonds is 1. The number of aromatic amines is 1. The number of benzene rings is 1. The minimum atomic E-state index is -0.342. The van der Waals surface area contributed by atoms with Gasteiger partial charge in [0.15, 0.2) is 0 Å². The van der Waals surface area contributed by atoms with Gasteiger partial charge in [0.1, 0.15) is 6.10 Å². The van der Waals surface area contributed by atoms with Crippen molar-refractivity contribution in [1.29, 1.82) is 0 Å². The summed E-state index contributed by atoms with van der Waals surface area (Å²) in [6.45, 7) is 0.542. The number of hydrogen-bond acceptors (Lipinski definition) is 2. The molecule has 1 aliphatic heterocycles. The maximum atomic E-state index is 10.9. The van der Waals surface area contributed by atoms with Gasteiger partial charge in [0.25, 0.3) is 0 Å². The fourth-order valence-electron chi connectivity index (χ4n) is 1.92. The monoisotopic (exact) mass is 202 g/mol. The molecule has 0 spiro atoms. The first-order valence-electron chi connectivity index (χ1n) is 4.85. The van der Waals surface area contributed by atoms with Gasteiger partial charge >= 0.3 is 6.09 Å². The number of hydrogen-bond donors (Lipinski definition) is 2. The molecule has 2 aromatic rings. The number of alkyl carbamates (subject to hydrolysis) is 1.